The third kappa shape index (κ3) is 7.86. The van der Waals surface area contributed by atoms with Crippen molar-refractivity contribution in [1.29, 1.82) is 0 Å². The highest BCUT2D eigenvalue weighted by molar-refractivity contribution is 6.24. The van der Waals surface area contributed by atoms with Crippen molar-refractivity contribution in [2.75, 3.05) is 0 Å². The second kappa shape index (κ2) is 4.10. The van der Waals surface area contributed by atoms with E-state index in [9.17, 15) is 4.79 Å². The Balaban J connectivity index is 3.71. The molecule has 0 unspecified atom stereocenters. The summed E-state index contributed by atoms with van der Waals surface area (Å²) in [4.78, 5) is 10.8. The van der Waals surface area contributed by atoms with Crippen LogP contribution in [-0.2, 0) is 4.79 Å². The molecule has 2 heteroatoms. The van der Waals surface area contributed by atoms with E-state index < -0.39 is 0 Å². The smallest absolute Gasteiger partial charge is 0.134 e. The van der Waals surface area contributed by atoms with Crippen LogP contribution in [0.1, 0.15) is 40.5 Å². The van der Waals surface area contributed by atoms with E-state index in [4.69, 9.17) is 11.6 Å². The second-order valence-corrected chi connectivity index (χ2v) is 5.06. The van der Waals surface area contributed by atoms with Gasteiger partial charge in [-0.3, -0.25) is 4.79 Å². The summed E-state index contributed by atoms with van der Waals surface area (Å²) >= 11 is 5.89. The summed E-state index contributed by atoms with van der Waals surface area (Å²) in [6, 6.07) is 0. The monoisotopic (exact) mass is 176 g/mol. The normalized spacial score (nSPS) is 12.2. The predicted molar refractivity (Wildman–Crippen MR) is 49.0 cm³/mol. The molecule has 0 fully saturated rings. The van der Waals surface area contributed by atoms with Crippen LogP contribution in [-0.4, -0.2) is 10.7 Å². The van der Waals surface area contributed by atoms with Gasteiger partial charge in [-0.1, -0.05) is 13.8 Å². The van der Waals surface area contributed by atoms with Gasteiger partial charge in [0.1, 0.15) is 5.78 Å². The van der Waals surface area contributed by atoms with Crippen molar-refractivity contribution in [1.82, 2.24) is 0 Å². The summed E-state index contributed by atoms with van der Waals surface area (Å²) in [7, 11) is 0. The molecule has 11 heavy (non-hydrogen) atoms. The molecule has 0 aromatic carbocycles. The van der Waals surface area contributed by atoms with Gasteiger partial charge >= 0.3 is 0 Å². The van der Waals surface area contributed by atoms with E-state index in [0.717, 1.165) is 0 Å². The maximum absolute atomic E-state index is 11.2. The molecule has 0 rings (SSSR count). The van der Waals surface area contributed by atoms with Gasteiger partial charge in [0.05, 0.1) is 0 Å². The van der Waals surface area contributed by atoms with E-state index in [1.807, 2.05) is 27.7 Å². The third-order valence-corrected chi connectivity index (χ3v) is 1.39. The number of alkyl halides is 1. The summed E-state index contributed by atoms with van der Waals surface area (Å²) < 4.78 is 0. The Kier molecular flexibility index (Phi) is 4.09. The number of carbonyl (C=O) groups is 1. The zero-order chi connectivity index (χ0) is 9.07. The zero-order valence-electron chi connectivity index (χ0n) is 7.78. The van der Waals surface area contributed by atoms with Gasteiger partial charge in [-0.05, 0) is 19.8 Å². The van der Waals surface area contributed by atoms with Crippen molar-refractivity contribution in [2.45, 2.75) is 45.4 Å². The molecule has 0 atom stereocenters. The minimum Gasteiger partial charge on any atom is -0.300 e. The highest BCUT2D eigenvalue weighted by Gasteiger charge is 2.18. The van der Waals surface area contributed by atoms with Crippen molar-refractivity contribution in [3.8, 4) is 0 Å². The van der Waals surface area contributed by atoms with Crippen molar-refractivity contribution in [3.05, 3.63) is 0 Å². The van der Waals surface area contributed by atoms with Gasteiger partial charge in [0.2, 0.25) is 0 Å². The lowest BCUT2D eigenvalue weighted by Gasteiger charge is -2.14. The SMILES string of the molecule is CC(C)CC(=O)CC(C)(C)Cl. The average molecular weight is 177 g/mol. The van der Waals surface area contributed by atoms with Crippen molar-refractivity contribution in [2.24, 2.45) is 5.92 Å². The van der Waals surface area contributed by atoms with E-state index in [2.05, 4.69) is 0 Å². The molecule has 0 bridgehead atoms. The van der Waals surface area contributed by atoms with Crippen molar-refractivity contribution >= 4 is 17.4 Å². The van der Waals surface area contributed by atoms with Crippen molar-refractivity contribution < 1.29 is 4.79 Å². The first kappa shape index (κ1) is 11.0. The lowest BCUT2D eigenvalue weighted by Crippen LogP contribution is -2.17. The molecule has 0 aliphatic rings. The first-order chi connectivity index (χ1) is 4.81. The van der Waals surface area contributed by atoms with E-state index in [0.29, 0.717) is 18.8 Å². The first-order valence-corrected chi connectivity index (χ1v) is 4.39. The number of hydrogen-bond donors (Lipinski definition) is 0. The maximum Gasteiger partial charge on any atom is 0.134 e. The zero-order valence-corrected chi connectivity index (χ0v) is 8.53. The molecule has 0 N–H and O–H groups in total. The lowest BCUT2D eigenvalue weighted by atomic mass is 9.99. The van der Waals surface area contributed by atoms with Gasteiger partial charge < -0.3 is 0 Å². The Morgan fingerprint density at radius 3 is 2.18 bits per heavy atom. The molecule has 66 valence electrons. The highest BCUT2D eigenvalue weighted by Crippen LogP contribution is 2.19. The highest BCUT2D eigenvalue weighted by atomic mass is 35.5. The Morgan fingerprint density at radius 2 is 1.91 bits per heavy atom. The molecule has 1 nitrogen and oxygen atoms in total. The summed E-state index contributed by atoms with van der Waals surface area (Å²) in [5, 5.41) is 0. The summed E-state index contributed by atoms with van der Waals surface area (Å²) in [6.07, 6.45) is 1.13. The molecular formula is C9H17ClO. The molecule has 0 amide bonds. The number of hydrogen-bond acceptors (Lipinski definition) is 1. The van der Waals surface area contributed by atoms with Gasteiger partial charge in [-0.15, -0.1) is 11.6 Å². The van der Waals surface area contributed by atoms with Crippen molar-refractivity contribution in [3.63, 3.8) is 0 Å². The van der Waals surface area contributed by atoms with Crippen LogP contribution in [0.15, 0.2) is 0 Å². The molecule has 0 aromatic rings. The van der Waals surface area contributed by atoms with Crippen LogP contribution in [0.4, 0.5) is 0 Å². The molecule has 0 saturated carbocycles. The van der Waals surface area contributed by atoms with Crippen LogP contribution in [0.2, 0.25) is 0 Å². The lowest BCUT2D eigenvalue weighted by molar-refractivity contribution is -0.120. The fourth-order valence-electron chi connectivity index (χ4n) is 0.996. The van der Waals surface area contributed by atoms with Crippen LogP contribution in [0.25, 0.3) is 0 Å². The van der Waals surface area contributed by atoms with Crippen LogP contribution in [0.3, 0.4) is 0 Å². The molecule has 0 spiro atoms. The van der Waals surface area contributed by atoms with E-state index in [1.54, 1.807) is 0 Å². The topological polar surface area (TPSA) is 17.1 Å². The molecule has 0 radical (unpaired) electrons. The van der Waals surface area contributed by atoms with Gasteiger partial charge in [-0.25, -0.2) is 0 Å². The maximum atomic E-state index is 11.2. The largest absolute Gasteiger partial charge is 0.300 e. The Labute approximate surface area is 74.1 Å². The molecule has 0 aliphatic carbocycles. The fourth-order valence-corrected chi connectivity index (χ4v) is 1.15. The number of Topliss-reactive ketones (excluding diaryl/α,β-unsaturated/α-hetero) is 1. The Hall–Kier alpha value is -0.0400. The average Bonchev–Trinajstić information content (AvgIpc) is 1.53. The fraction of sp³-hybridized carbons (Fsp3) is 0.889. The van der Waals surface area contributed by atoms with Crippen LogP contribution in [0, 0.1) is 5.92 Å². The summed E-state index contributed by atoms with van der Waals surface area (Å²) in [5.74, 6) is 0.710. The van der Waals surface area contributed by atoms with Crippen LogP contribution in [0.5, 0.6) is 0 Å². The first-order valence-electron chi connectivity index (χ1n) is 4.02. The van der Waals surface area contributed by atoms with E-state index in [1.165, 1.54) is 0 Å². The molecule has 0 heterocycles. The second-order valence-electron chi connectivity index (χ2n) is 4.03. The van der Waals surface area contributed by atoms with Gasteiger partial charge in [0.15, 0.2) is 0 Å². The summed E-state index contributed by atoms with van der Waals surface area (Å²) in [5.41, 5.74) is 0. The van der Waals surface area contributed by atoms with Gasteiger partial charge in [0, 0.05) is 17.7 Å². The summed E-state index contributed by atoms with van der Waals surface area (Å²) in [6.45, 7) is 7.82. The van der Waals surface area contributed by atoms with Crippen LogP contribution >= 0.6 is 11.6 Å². The van der Waals surface area contributed by atoms with Crippen LogP contribution < -0.4 is 0 Å². The molecular weight excluding hydrogens is 160 g/mol. The molecule has 0 saturated heterocycles. The van der Waals surface area contributed by atoms with Gasteiger partial charge in [0.25, 0.3) is 0 Å². The standard InChI is InChI=1S/C9H17ClO/c1-7(2)5-8(11)6-9(3,4)10/h7H,5-6H2,1-4H3. The number of carbonyl (C=O) groups excluding carboxylic acids is 1. The molecule has 0 aromatic heterocycles. The van der Waals surface area contributed by atoms with E-state index >= 15 is 0 Å². The number of halogens is 1. The predicted octanol–water partition coefficient (Wildman–Crippen LogP) is 3.01. The van der Waals surface area contributed by atoms with Gasteiger partial charge in [-0.2, -0.15) is 0 Å². The van der Waals surface area contributed by atoms with E-state index in [-0.39, 0.29) is 10.7 Å². The Morgan fingerprint density at radius 1 is 1.45 bits per heavy atom. The minimum absolute atomic E-state index is 0.264. The minimum atomic E-state index is -0.369. The third-order valence-electron chi connectivity index (χ3n) is 1.25. The quantitative estimate of drug-likeness (QED) is 0.602. The molecule has 0 aliphatic heterocycles. The number of rotatable bonds is 4. The number of ketones is 1. The Bertz CT molecular complexity index is 133.